The largest absolute Gasteiger partial charge is 0.474 e. The van der Waals surface area contributed by atoms with Gasteiger partial charge >= 0.3 is 0 Å². The molecule has 0 aliphatic carbocycles. The van der Waals surface area contributed by atoms with Crippen LogP contribution in [-0.2, 0) is 14.8 Å². The Balaban J connectivity index is 1.99. The van der Waals surface area contributed by atoms with Crippen molar-refractivity contribution in [3.05, 3.63) is 17.3 Å². The highest BCUT2D eigenvalue weighted by molar-refractivity contribution is 7.89. The summed E-state index contributed by atoms with van der Waals surface area (Å²) < 4.78 is 33.9. The van der Waals surface area contributed by atoms with E-state index in [9.17, 15) is 8.42 Å². The molecule has 0 amide bonds. The number of aromatic nitrogens is 1. The van der Waals surface area contributed by atoms with Crippen LogP contribution in [0.2, 0.25) is 5.02 Å². The van der Waals surface area contributed by atoms with Crippen molar-refractivity contribution < 1.29 is 17.9 Å². The van der Waals surface area contributed by atoms with E-state index >= 15 is 0 Å². The average molecular weight is 364 g/mol. The third-order valence-corrected chi connectivity index (χ3v) is 4.80. The molecule has 0 radical (unpaired) electrons. The Kier molecular flexibility index (Phi) is 6.60. The van der Waals surface area contributed by atoms with Gasteiger partial charge in [0.25, 0.3) is 0 Å². The van der Waals surface area contributed by atoms with Crippen LogP contribution in [0.25, 0.3) is 0 Å². The molecule has 2 atom stereocenters. The van der Waals surface area contributed by atoms with Crippen molar-refractivity contribution in [1.82, 2.24) is 10.3 Å². The van der Waals surface area contributed by atoms with E-state index in [-0.39, 0.29) is 27.9 Å². The molecule has 23 heavy (non-hydrogen) atoms. The highest BCUT2D eigenvalue weighted by atomic mass is 35.5. The SMILES string of the molecule is CCCC[C@H]1NCCOC1COc1ncc(S(N)(=O)=O)cc1Cl. The van der Waals surface area contributed by atoms with Crippen molar-refractivity contribution in [3.63, 3.8) is 0 Å². The lowest BCUT2D eigenvalue weighted by Gasteiger charge is -2.32. The smallest absolute Gasteiger partial charge is 0.239 e. The van der Waals surface area contributed by atoms with Gasteiger partial charge in [-0.15, -0.1) is 0 Å². The van der Waals surface area contributed by atoms with Crippen LogP contribution in [0.4, 0.5) is 0 Å². The van der Waals surface area contributed by atoms with Crippen molar-refractivity contribution in [2.75, 3.05) is 19.8 Å². The molecule has 1 unspecified atom stereocenters. The summed E-state index contributed by atoms with van der Waals surface area (Å²) in [5.41, 5.74) is 0. The molecular formula is C14H22ClN3O4S. The Hall–Kier alpha value is -0.930. The van der Waals surface area contributed by atoms with Gasteiger partial charge in [0.05, 0.1) is 12.8 Å². The predicted molar refractivity (Wildman–Crippen MR) is 87.2 cm³/mol. The number of hydrogen-bond acceptors (Lipinski definition) is 6. The number of ether oxygens (including phenoxy) is 2. The number of pyridine rings is 1. The first-order valence-electron chi connectivity index (χ1n) is 7.58. The number of sulfonamides is 1. The molecule has 1 aromatic rings. The molecule has 1 aromatic heterocycles. The van der Waals surface area contributed by atoms with E-state index in [0.717, 1.165) is 32.0 Å². The number of nitrogens with two attached hydrogens (primary N) is 1. The standard InChI is InChI=1S/C14H22ClN3O4S/c1-2-3-4-12-13(21-6-5-17-12)9-22-14-11(15)7-10(8-18-14)23(16,19)20/h7-8,12-13,17H,2-6,9H2,1H3,(H2,16,19,20)/t12-,13?/m1/s1. The number of halogens is 1. The number of nitrogens with one attached hydrogen (secondary N) is 1. The summed E-state index contributed by atoms with van der Waals surface area (Å²) in [7, 11) is -3.83. The topological polar surface area (TPSA) is 104 Å². The summed E-state index contributed by atoms with van der Waals surface area (Å²) in [6.45, 7) is 3.89. The van der Waals surface area contributed by atoms with E-state index in [2.05, 4.69) is 17.2 Å². The molecule has 7 nitrogen and oxygen atoms in total. The van der Waals surface area contributed by atoms with E-state index in [1.165, 1.54) is 6.07 Å². The number of nitrogens with zero attached hydrogens (tertiary/aromatic N) is 1. The van der Waals surface area contributed by atoms with E-state index in [4.69, 9.17) is 26.2 Å². The molecule has 2 heterocycles. The molecule has 130 valence electrons. The lowest BCUT2D eigenvalue weighted by molar-refractivity contribution is -0.0320. The molecule has 1 aliphatic heterocycles. The van der Waals surface area contributed by atoms with Gasteiger partial charge in [-0.2, -0.15) is 0 Å². The maximum Gasteiger partial charge on any atom is 0.239 e. The van der Waals surface area contributed by atoms with E-state index in [1.54, 1.807) is 0 Å². The summed E-state index contributed by atoms with van der Waals surface area (Å²) in [4.78, 5) is 3.78. The molecular weight excluding hydrogens is 342 g/mol. The van der Waals surface area contributed by atoms with Crippen molar-refractivity contribution in [2.45, 2.75) is 43.2 Å². The Morgan fingerprint density at radius 1 is 1.57 bits per heavy atom. The molecule has 1 saturated heterocycles. The van der Waals surface area contributed by atoms with E-state index in [0.29, 0.717) is 13.2 Å². The van der Waals surface area contributed by atoms with Crippen LogP contribution in [0, 0.1) is 0 Å². The number of unbranched alkanes of at least 4 members (excludes halogenated alkanes) is 1. The average Bonchev–Trinajstić information content (AvgIpc) is 2.51. The van der Waals surface area contributed by atoms with Gasteiger partial charge in [-0.05, 0) is 12.5 Å². The lowest BCUT2D eigenvalue weighted by atomic mass is 10.0. The monoisotopic (exact) mass is 363 g/mol. The quantitative estimate of drug-likeness (QED) is 0.757. The Labute approximate surface area is 141 Å². The number of rotatable bonds is 7. The zero-order valence-electron chi connectivity index (χ0n) is 13.0. The van der Waals surface area contributed by atoms with Crippen LogP contribution in [0.1, 0.15) is 26.2 Å². The van der Waals surface area contributed by atoms with Gasteiger partial charge in [-0.3, -0.25) is 0 Å². The fourth-order valence-corrected chi connectivity index (χ4v) is 3.18. The lowest BCUT2D eigenvalue weighted by Crippen LogP contribution is -2.50. The van der Waals surface area contributed by atoms with E-state index in [1.807, 2.05) is 0 Å². The van der Waals surface area contributed by atoms with Crippen molar-refractivity contribution in [3.8, 4) is 5.88 Å². The molecule has 0 saturated carbocycles. The second-order valence-corrected chi connectivity index (χ2v) is 7.39. The fourth-order valence-electron chi connectivity index (χ4n) is 2.41. The first-order chi connectivity index (χ1) is 10.9. The predicted octanol–water partition coefficient (Wildman–Crippen LogP) is 1.31. The van der Waals surface area contributed by atoms with Crippen molar-refractivity contribution >= 4 is 21.6 Å². The second-order valence-electron chi connectivity index (χ2n) is 5.43. The van der Waals surface area contributed by atoms with Crippen LogP contribution in [0.3, 0.4) is 0 Å². The summed E-state index contributed by atoms with van der Waals surface area (Å²) in [5, 5.41) is 8.57. The van der Waals surface area contributed by atoms with Gasteiger partial charge in [-0.1, -0.05) is 31.4 Å². The Morgan fingerprint density at radius 3 is 3.00 bits per heavy atom. The summed E-state index contributed by atoms with van der Waals surface area (Å²) in [6, 6.07) is 1.46. The van der Waals surface area contributed by atoms with Crippen LogP contribution < -0.4 is 15.2 Å². The summed E-state index contributed by atoms with van der Waals surface area (Å²) in [5.74, 6) is 0.169. The highest BCUT2D eigenvalue weighted by Gasteiger charge is 2.26. The second kappa shape index (κ2) is 8.25. The highest BCUT2D eigenvalue weighted by Crippen LogP contribution is 2.24. The minimum atomic E-state index is -3.83. The maximum atomic E-state index is 11.3. The molecule has 3 N–H and O–H groups in total. The van der Waals surface area contributed by atoms with Gasteiger partial charge < -0.3 is 14.8 Å². The van der Waals surface area contributed by atoms with E-state index < -0.39 is 10.0 Å². The molecule has 0 bridgehead atoms. The molecule has 0 spiro atoms. The number of hydrogen-bond donors (Lipinski definition) is 2. The molecule has 2 rings (SSSR count). The Morgan fingerprint density at radius 2 is 2.35 bits per heavy atom. The zero-order chi connectivity index (χ0) is 16.9. The third-order valence-electron chi connectivity index (χ3n) is 3.65. The first kappa shape index (κ1) is 18.4. The maximum absolute atomic E-state index is 11.3. The van der Waals surface area contributed by atoms with Gasteiger partial charge in [0, 0.05) is 12.6 Å². The zero-order valence-corrected chi connectivity index (χ0v) is 14.6. The summed E-state index contributed by atoms with van der Waals surface area (Å²) in [6.07, 6.45) is 4.28. The van der Waals surface area contributed by atoms with Crippen molar-refractivity contribution in [2.24, 2.45) is 5.14 Å². The van der Waals surface area contributed by atoms with Crippen LogP contribution in [-0.4, -0.2) is 45.3 Å². The Bertz CT molecular complexity index is 626. The molecule has 1 fully saturated rings. The number of primary sulfonamides is 1. The van der Waals surface area contributed by atoms with Gasteiger partial charge in [0.2, 0.25) is 15.9 Å². The van der Waals surface area contributed by atoms with Gasteiger partial charge in [-0.25, -0.2) is 18.5 Å². The minimum Gasteiger partial charge on any atom is -0.474 e. The summed E-state index contributed by atoms with van der Waals surface area (Å²) >= 11 is 6.01. The van der Waals surface area contributed by atoms with Gasteiger partial charge in [0.15, 0.2) is 0 Å². The molecule has 1 aliphatic rings. The fraction of sp³-hybridized carbons (Fsp3) is 0.643. The van der Waals surface area contributed by atoms with Gasteiger partial charge in [0.1, 0.15) is 22.6 Å². The first-order valence-corrected chi connectivity index (χ1v) is 9.50. The molecule has 0 aromatic carbocycles. The third kappa shape index (κ3) is 5.29. The van der Waals surface area contributed by atoms with Crippen LogP contribution >= 0.6 is 11.6 Å². The molecule has 9 heteroatoms. The normalized spacial score (nSPS) is 22.0. The minimum absolute atomic E-state index is 0.0916. The van der Waals surface area contributed by atoms with Crippen LogP contribution in [0.15, 0.2) is 17.2 Å². The van der Waals surface area contributed by atoms with Crippen molar-refractivity contribution in [1.29, 1.82) is 0 Å². The number of morpholine rings is 1. The van der Waals surface area contributed by atoms with Crippen LogP contribution in [0.5, 0.6) is 5.88 Å².